The number of nitrogens with zero attached hydrogens (tertiary/aromatic N) is 1. The minimum Gasteiger partial charge on any atom is -0.494 e. The second-order valence-corrected chi connectivity index (χ2v) is 6.00. The van der Waals surface area contributed by atoms with Gasteiger partial charge in [-0.15, -0.1) is 0 Å². The lowest BCUT2D eigenvalue weighted by molar-refractivity contribution is -0.121. The maximum atomic E-state index is 13.9. The molecule has 1 aromatic rings. The lowest BCUT2D eigenvalue weighted by atomic mass is 9.95. The van der Waals surface area contributed by atoms with Gasteiger partial charge in [0.15, 0.2) is 17.4 Å². The van der Waals surface area contributed by atoms with Crippen LogP contribution in [0.5, 0.6) is 5.75 Å². The number of nitrogens with one attached hydrogen (secondary N) is 1. The van der Waals surface area contributed by atoms with Crippen LogP contribution in [-0.2, 0) is 4.79 Å². The molecule has 120 valence electrons. The van der Waals surface area contributed by atoms with Crippen molar-refractivity contribution in [3.05, 3.63) is 23.8 Å². The molecule has 22 heavy (non-hydrogen) atoms. The Bertz CT molecular complexity index is 568. The molecule has 6 heteroatoms. The van der Waals surface area contributed by atoms with Crippen molar-refractivity contribution in [3.8, 4) is 5.75 Å². The fraction of sp³-hybridized carbons (Fsp3) is 0.562. The summed E-state index contributed by atoms with van der Waals surface area (Å²) in [7, 11) is 1.27. The first-order valence-electron chi connectivity index (χ1n) is 7.66. The molecule has 1 amide bonds. The maximum Gasteiger partial charge on any atom is 0.227 e. The van der Waals surface area contributed by atoms with E-state index in [9.17, 15) is 13.6 Å². The number of carbonyl (C=O) groups excluding carboxylic acids is 1. The number of anilines is 1. The van der Waals surface area contributed by atoms with Gasteiger partial charge in [0.1, 0.15) is 0 Å². The SMILES string of the molecule is COc1cc(F)c(NC(=O)C2CCN(C3CC3)CC2)cc1F. The van der Waals surface area contributed by atoms with E-state index in [1.54, 1.807) is 0 Å². The normalized spacial score (nSPS) is 20.0. The molecule has 1 heterocycles. The summed E-state index contributed by atoms with van der Waals surface area (Å²) in [4.78, 5) is 14.6. The van der Waals surface area contributed by atoms with Gasteiger partial charge >= 0.3 is 0 Å². The number of piperidine rings is 1. The highest BCUT2D eigenvalue weighted by atomic mass is 19.1. The van der Waals surface area contributed by atoms with Crippen molar-refractivity contribution in [3.63, 3.8) is 0 Å². The van der Waals surface area contributed by atoms with Crippen LogP contribution in [0.15, 0.2) is 12.1 Å². The van der Waals surface area contributed by atoms with Crippen LogP contribution in [0, 0.1) is 17.6 Å². The molecule has 1 aromatic carbocycles. The number of hydrogen-bond acceptors (Lipinski definition) is 3. The molecule has 3 rings (SSSR count). The number of likely N-dealkylation sites (tertiary alicyclic amines) is 1. The third kappa shape index (κ3) is 3.21. The van der Waals surface area contributed by atoms with Gasteiger partial charge in [0.2, 0.25) is 5.91 Å². The Hall–Kier alpha value is -1.69. The molecule has 0 bridgehead atoms. The summed E-state index contributed by atoms with van der Waals surface area (Å²) in [6.45, 7) is 1.81. The first kappa shape index (κ1) is 15.2. The van der Waals surface area contributed by atoms with E-state index in [-0.39, 0.29) is 23.3 Å². The first-order valence-corrected chi connectivity index (χ1v) is 7.66. The maximum absolute atomic E-state index is 13.9. The Morgan fingerprint density at radius 3 is 2.45 bits per heavy atom. The molecule has 1 saturated heterocycles. The van der Waals surface area contributed by atoms with Crippen LogP contribution in [0.4, 0.5) is 14.5 Å². The summed E-state index contributed by atoms with van der Waals surface area (Å²) in [6.07, 6.45) is 4.05. The van der Waals surface area contributed by atoms with Crippen LogP contribution in [0.3, 0.4) is 0 Å². The second-order valence-electron chi connectivity index (χ2n) is 6.00. The summed E-state index contributed by atoms with van der Waals surface area (Å²) < 4.78 is 32.2. The molecule has 4 nitrogen and oxygen atoms in total. The standard InChI is InChI=1S/C16H20F2N2O2/c1-22-15-9-12(17)14(8-13(15)18)19-16(21)10-4-6-20(7-5-10)11-2-3-11/h8-11H,2-7H2,1H3,(H,19,21). The molecule has 0 aromatic heterocycles. The van der Waals surface area contributed by atoms with Gasteiger partial charge in [-0.2, -0.15) is 0 Å². The molecule has 0 radical (unpaired) electrons. The Balaban J connectivity index is 1.61. The quantitative estimate of drug-likeness (QED) is 0.930. The van der Waals surface area contributed by atoms with Gasteiger partial charge < -0.3 is 15.0 Å². The Morgan fingerprint density at radius 1 is 1.18 bits per heavy atom. The molecule has 2 aliphatic rings. The number of methoxy groups -OCH3 is 1. The van der Waals surface area contributed by atoms with E-state index in [0.717, 1.165) is 38.1 Å². The largest absolute Gasteiger partial charge is 0.494 e. The van der Waals surface area contributed by atoms with Crippen molar-refractivity contribution in [1.82, 2.24) is 4.90 Å². The van der Waals surface area contributed by atoms with Crippen LogP contribution in [-0.4, -0.2) is 37.0 Å². The van der Waals surface area contributed by atoms with Crippen molar-refractivity contribution >= 4 is 11.6 Å². The van der Waals surface area contributed by atoms with Crippen LogP contribution in [0.2, 0.25) is 0 Å². The molecular weight excluding hydrogens is 290 g/mol. The first-order chi connectivity index (χ1) is 10.6. The second kappa shape index (κ2) is 6.20. The smallest absolute Gasteiger partial charge is 0.227 e. The topological polar surface area (TPSA) is 41.6 Å². The number of benzene rings is 1. The van der Waals surface area contributed by atoms with Crippen molar-refractivity contribution in [1.29, 1.82) is 0 Å². The Labute approximate surface area is 128 Å². The summed E-state index contributed by atoms with van der Waals surface area (Å²) >= 11 is 0. The fourth-order valence-electron chi connectivity index (χ4n) is 2.98. The van der Waals surface area contributed by atoms with Crippen LogP contribution >= 0.6 is 0 Å². The molecule has 0 spiro atoms. The zero-order chi connectivity index (χ0) is 15.7. The van der Waals surface area contributed by atoms with Crippen molar-refractivity contribution in [2.45, 2.75) is 31.7 Å². The van der Waals surface area contributed by atoms with E-state index in [4.69, 9.17) is 4.74 Å². The van der Waals surface area contributed by atoms with Gasteiger partial charge in [0.25, 0.3) is 0 Å². The minimum atomic E-state index is -0.693. The third-order valence-electron chi connectivity index (χ3n) is 4.46. The molecule has 0 atom stereocenters. The number of carbonyl (C=O) groups is 1. The number of halogens is 2. The van der Waals surface area contributed by atoms with Gasteiger partial charge in [-0.3, -0.25) is 4.79 Å². The minimum absolute atomic E-state index is 0.132. The van der Waals surface area contributed by atoms with Crippen molar-refractivity contribution < 1.29 is 18.3 Å². The lowest BCUT2D eigenvalue weighted by Crippen LogP contribution is -2.39. The van der Waals surface area contributed by atoms with Gasteiger partial charge in [-0.1, -0.05) is 0 Å². The van der Waals surface area contributed by atoms with Crippen molar-refractivity contribution in [2.24, 2.45) is 5.92 Å². The summed E-state index contributed by atoms with van der Waals surface area (Å²) in [5.74, 6) is -1.93. The molecule has 1 aliphatic heterocycles. The highest BCUT2D eigenvalue weighted by Crippen LogP contribution is 2.31. The van der Waals surface area contributed by atoms with E-state index < -0.39 is 11.6 Å². The van der Waals surface area contributed by atoms with Gasteiger partial charge in [0, 0.05) is 24.1 Å². The molecule has 1 N–H and O–H groups in total. The molecule has 1 saturated carbocycles. The third-order valence-corrected chi connectivity index (χ3v) is 4.46. The van der Waals surface area contributed by atoms with E-state index in [2.05, 4.69) is 10.2 Å². The van der Waals surface area contributed by atoms with Crippen LogP contribution in [0.25, 0.3) is 0 Å². The monoisotopic (exact) mass is 310 g/mol. The van der Waals surface area contributed by atoms with Gasteiger partial charge in [-0.05, 0) is 38.8 Å². The van der Waals surface area contributed by atoms with E-state index in [0.29, 0.717) is 6.04 Å². The highest BCUT2D eigenvalue weighted by molar-refractivity contribution is 5.92. The lowest BCUT2D eigenvalue weighted by Gasteiger charge is -2.31. The number of ether oxygens (including phenoxy) is 1. The van der Waals surface area contributed by atoms with Gasteiger partial charge in [0.05, 0.1) is 12.8 Å². The average Bonchev–Trinajstić information content (AvgIpc) is 3.35. The predicted octanol–water partition coefficient (Wildman–Crippen LogP) is 2.79. The fourth-order valence-corrected chi connectivity index (χ4v) is 2.98. The van der Waals surface area contributed by atoms with E-state index >= 15 is 0 Å². The predicted molar refractivity (Wildman–Crippen MR) is 78.9 cm³/mol. The number of amides is 1. The molecular formula is C16H20F2N2O2. The molecule has 1 aliphatic carbocycles. The summed E-state index contributed by atoms with van der Waals surface area (Å²) in [5.41, 5.74) is -0.132. The Morgan fingerprint density at radius 2 is 1.86 bits per heavy atom. The van der Waals surface area contributed by atoms with E-state index in [1.165, 1.54) is 20.0 Å². The number of rotatable bonds is 4. The highest BCUT2D eigenvalue weighted by Gasteiger charge is 2.33. The zero-order valence-electron chi connectivity index (χ0n) is 12.6. The summed E-state index contributed by atoms with van der Waals surface area (Å²) in [6, 6.07) is 2.61. The van der Waals surface area contributed by atoms with Gasteiger partial charge in [-0.25, -0.2) is 8.78 Å². The van der Waals surface area contributed by atoms with Crippen LogP contribution in [0.1, 0.15) is 25.7 Å². The van der Waals surface area contributed by atoms with Crippen LogP contribution < -0.4 is 10.1 Å². The van der Waals surface area contributed by atoms with Crippen molar-refractivity contribution in [2.75, 3.05) is 25.5 Å². The molecule has 2 fully saturated rings. The average molecular weight is 310 g/mol. The summed E-state index contributed by atoms with van der Waals surface area (Å²) in [5, 5.41) is 2.50. The van der Waals surface area contributed by atoms with E-state index in [1.807, 2.05) is 0 Å². The zero-order valence-corrected chi connectivity index (χ0v) is 12.6. The molecule has 0 unspecified atom stereocenters. The number of hydrogen-bond donors (Lipinski definition) is 1. The Kier molecular flexibility index (Phi) is 4.29.